The number of aromatic nitrogens is 3. The van der Waals surface area contributed by atoms with Crippen molar-refractivity contribution >= 4 is 24.3 Å². The highest BCUT2D eigenvalue weighted by Crippen LogP contribution is 2.16. The van der Waals surface area contributed by atoms with Crippen LogP contribution in [-0.4, -0.2) is 20.2 Å². The second-order valence-electron chi connectivity index (χ2n) is 4.61. The fourth-order valence-corrected chi connectivity index (χ4v) is 2.29. The minimum atomic E-state index is -0.287. The molecular weight excluding hydrogens is 303 g/mol. The predicted molar refractivity (Wildman–Crippen MR) is 84.3 cm³/mol. The van der Waals surface area contributed by atoms with Crippen molar-refractivity contribution in [3.8, 4) is 0 Å². The van der Waals surface area contributed by atoms with Gasteiger partial charge < -0.3 is 4.40 Å². The van der Waals surface area contributed by atoms with Crippen LogP contribution in [0.2, 0.25) is 0 Å². The quantitative estimate of drug-likeness (QED) is 0.256. The Balaban J connectivity index is 2.05. The average molecular weight is 316 g/mol. The van der Waals surface area contributed by atoms with Gasteiger partial charge in [0.2, 0.25) is 0 Å². The first-order valence-electron chi connectivity index (χ1n) is 6.49. The number of thiol groups is 1. The van der Waals surface area contributed by atoms with Crippen LogP contribution in [0.15, 0.2) is 42.9 Å². The van der Waals surface area contributed by atoms with Crippen LogP contribution in [0.25, 0.3) is 5.65 Å². The molecule has 0 aliphatic heterocycles. The maximum Gasteiger partial charge on any atom is 0.161 e. The molecule has 8 heteroatoms. The summed E-state index contributed by atoms with van der Waals surface area (Å²) in [6, 6.07) is 6.55. The zero-order valence-corrected chi connectivity index (χ0v) is 12.3. The van der Waals surface area contributed by atoms with E-state index in [2.05, 4.69) is 33.0 Å². The molecule has 3 N–H and O–H groups in total. The smallest absolute Gasteiger partial charge is 0.161 e. The molecule has 2 aromatic heterocycles. The van der Waals surface area contributed by atoms with Gasteiger partial charge in [0.15, 0.2) is 11.5 Å². The molecule has 0 atom stereocenters. The monoisotopic (exact) mass is 316 g/mol. The van der Waals surface area contributed by atoms with Crippen molar-refractivity contribution in [3.05, 3.63) is 65.6 Å². The molecule has 3 rings (SSSR count). The van der Waals surface area contributed by atoms with E-state index in [-0.39, 0.29) is 11.7 Å². The van der Waals surface area contributed by atoms with Crippen molar-refractivity contribution in [2.45, 2.75) is 6.42 Å². The number of rotatable bonds is 4. The van der Waals surface area contributed by atoms with Crippen LogP contribution < -0.4 is 10.3 Å². The topological polar surface area (TPSA) is 78.1 Å². The second-order valence-corrected chi connectivity index (χ2v) is 4.83. The van der Waals surface area contributed by atoms with Gasteiger partial charge in [0.05, 0.1) is 5.69 Å². The van der Waals surface area contributed by atoms with E-state index in [0.29, 0.717) is 29.0 Å². The lowest BCUT2D eigenvalue weighted by Gasteiger charge is -2.09. The Hall–Kier alpha value is -2.45. The molecule has 0 unspecified atom stereocenters. The van der Waals surface area contributed by atoms with E-state index in [4.69, 9.17) is 5.41 Å². The summed E-state index contributed by atoms with van der Waals surface area (Å²) in [5.74, 6) is -0.231. The van der Waals surface area contributed by atoms with Crippen LogP contribution in [0.5, 0.6) is 0 Å². The van der Waals surface area contributed by atoms with Gasteiger partial charge in [0.1, 0.15) is 11.5 Å². The minimum Gasteiger partial charge on any atom is -0.303 e. The molecular formula is C14H13FN6S. The number of imidazole rings is 1. The van der Waals surface area contributed by atoms with E-state index < -0.39 is 0 Å². The van der Waals surface area contributed by atoms with Crippen molar-refractivity contribution in [2.24, 2.45) is 0 Å². The zero-order chi connectivity index (χ0) is 15.5. The molecule has 22 heavy (non-hydrogen) atoms. The van der Waals surface area contributed by atoms with Gasteiger partial charge in [-0.25, -0.2) is 14.4 Å². The molecule has 0 saturated heterocycles. The van der Waals surface area contributed by atoms with Crippen LogP contribution in [-0.2, 0) is 6.42 Å². The molecule has 3 aromatic rings. The fraction of sp³-hybridized carbons (Fsp3) is 0.0714. The van der Waals surface area contributed by atoms with E-state index in [9.17, 15) is 4.39 Å². The number of amidine groups is 1. The first kappa shape index (κ1) is 14.5. The lowest BCUT2D eigenvalue weighted by molar-refractivity contribution is 0.613. The predicted octanol–water partition coefficient (Wildman–Crippen LogP) is 1.72. The molecule has 0 radical (unpaired) electrons. The standard InChI is InChI=1S/C14H13FN6S/c15-10-4-2-1-3-9(10)7-11-14-17-5-6-21(14)8-12(18-11)13(16)19-20-22/h1-6,8,20,22H,7H2,(H2,16,19). The molecule has 0 saturated carbocycles. The Bertz CT molecular complexity index is 831. The summed E-state index contributed by atoms with van der Waals surface area (Å²) in [7, 11) is 0. The van der Waals surface area contributed by atoms with Gasteiger partial charge in [-0.2, -0.15) is 4.83 Å². The van der Waals surface area contributed by atoms with Gasteiger partial charge >= 0.3 is 0 Å². The number of halogens is 1. The molecule has 0 amide bonds. The van der Waals surface area contributed by atoms with Gasteiger partial charge in [-0.15, -0.1) is 0 Å². The van der Waals surface area contributed by atoms with Crippen molar-refractivity contribution in [2.75, 3.05) is 0 Å². The average Bonchev–Trinajstić information content (AvgIpc) is 2.98. The highest BCUT2D eigenvalue weighted by molar-refractivity contribution is 7.78. The normalized spacial score (nSPS) is 10.8. The summed E-state index contributed by atoms with van der Waals surface area (Å²) >= 11 is 3.79. The largest absolute Gasteiger partial charge is 0.303 e. The van der Waals surface area contributed by atoms with Crippen LogP contribution in [0.3, 0.4) is 0 Å². The maximum absolute atomic E-state index is 13.9. The molecule has 0 bridgehead atoms. The lowest BCUT2D eigenvalue weighted by Crippen LogP contribution is -2.32. The molecule has 0 aliphatic rings. The SMILES string of the molecule is N=C(NNS)c1cn2ccnc2c(Cc2ccccc2F)n1. The van der Waals surface area contributed by atoms with Crippen molar-refractivity contribution < 1.29 is 4.39 Å². The Morgan fingerprint density at radius 3 is 2.95 bits per heavy atom. The number of hydrazine groups is 1. The summed E-state index contributed by atoms with van der Waals surface area (Å²) in [5.41, 5.74) is 4.71. The highest BCUT2D eigenvalue weighted by atomic mass is 32.1. The number of fused-ring (bicyclic) bond motifs is 1. The van der Waals surface area contributed by atoms with E-state index in [1.807, 2.05) is 0 Å². The van der Waals surface area contributed by atoms with Gasteiger partial charge in [-0.3, -0.25) is 10.8 Å². The molecule has 112 valence electrons. The summed E-state index contributed by atoms with van der Waals surface area (Å²) < 4.78 is 15.6. The fourth-order valence-electron chi connectivity index (χ4n) is 2.18. The highest BCUT2D eigenvalue weighted by Gasteiger charge is 2.13. The van der Waals surface area contributed by atoms with Gasteiger partial charge in [-0.05, 0) is 11.6 Å². The minimum absolute atomic E-state index is 0.0559. The number of nitrogens with one attached hydrogen (secondary N) is 3. The van der Waals surface area contributed by atoms with Gasteiger partial charge in [0.25, 0.3) is 0 Å². The zero-order valence-electron chi connectivity index (χ0n) is 11.4. The molecule has 0 spiro atoms. The van der Waals surface area contributed by atoms with Crippen LogP contribution in [0.4, 0.5) is 4.39 Å². The first-order chi connectivity index (χ1) is 10.7. The third kappa shape index (κ3) is 2.78. The Labute approximate surface area is 131 Å². The molecule has 1 aromatic carbocycles. The van der Waals surface area contributed by atoms with E-state index >= 15 is 0 Å². The van der Waals surface area contributed by atoms with Gasteiger partial charge in [0, 0.05) is 25.0 Å². The third-order valence-electron chi connectivity index (χ3n) is 3.20. The Kier molecular flexibility index (Phi) is 4.03. The molecule has 0 fully saturated rings. The second kappa shape index (κ2) is 6.12. The summed E-state index contributed by atoms with van der Waals surface area (Å²) in [5, 5.41) is 7.88. The number of hydrogen-bond acceptors (Lipinski definition) is 5. The van der Waals surface area contributed by atoms with E-state index in [1.54, 1.807) is 41.2 Å². The number of nitrogens with zero attached hydrogens (tertiary/aromatic N) is 3. The third-order valence-corrected chi connectivity index (χ3v) is 3.31. The number of benzene rings is 1. The van der Waals surface area contributed by atoms with Crippen LogP contribution >= 0.6 is 12.8 Å². The first-order valence-corrected chi connectivity index (χ1v) is 6.94. The van der Waals surface area contributed by atoms with Crippen molar-refractivity contribution in [1.29, 1.82) is 5.41 Å². The van der Waals surface area contributed by atoms with Crippen molar-refractivity contribution in [1.82, 2.24) is 24.6 Å². The number of hydrogen-bond donors (Lipinski definition) is 4. The van der Waals surface area contributed by atoms with Crippen LogP contribution in [0, 0.1) is 11.2 Å². The summed E-state index contributed by atoms with van der Waals surface area (Å²) in [6.07, 6.45) is 5.36. The summed E-state index contributed by atoms with van der Waals surface area (Å²) in [4.78, 5) is 11.0. The van der Waals surface area contributed by atoms with Crippen molar-refractivity contribution in [3.63, 3.8) is 0 Å². The molecule has 6 nitrogen and oxygen atoms in total. The Morgan fingerprint density at radius 1 is 1.36 bits per heavy atom. The Morgan fingerprint density at radius 2 is 2.18 bits per heavy atom. The van der Waals surface area contributed by atoms with E-state index in [0.717, 1.165) is 0 Å². The summed E-state index contributed by atoms with van der Waals surface area (Å²) in [6.45, 7) is 0. The van der Waals surface area contributed by atoms with Gasteiger partial charge in [-0.1, -0.05) is 31.0 Å². The molecule has 0 aliphatic carbocycles. The maximum atomic E-state index is 13.9. The van der Waals surface area contributed by atoms with Crippen LogP contribution in [0.1, 0.15) is 17.0 Å². The van der Waals surface area contributed by atoms with E-state index in [1.165, 1.54) is 6.07 Å². The molecule has 2 heterocycles. The lowest BCUT2D eigenvalue weighted by atomic mass is 10.1.